The molecule has 1 aliphatic carbocycles. The molecule has 2 aliphatic rings. The number of nitrogens with zero attached hydrogens (tertiary/aromatic N) is 3. The first kappa shape index (κ1) is 30.7. The number of nitrogens with one attached hydrogen (secondary N) is 1. The second-order valence-corrected chi connectivity index (χ2v) is 10.9. The topological polar surface area (TPSA) is 105 Å². The first-order valence-electron chi connectivity index (χ1n) is 12.4. The summed E-state index contributed by atoms with van der Waals surface area (Å²) in [6.07, 6.45) is -3.24. The lowest BCUT2D eigenvalue weighted by atomic mass is 9.60. The smallest absolute Gasteiger partial charge is 0.488 e. The highest BCUT2D eigenvalue weighted by atomic mass is 32.1. The van der Waals surface area contributed by atoms with Gasteiger partial charge in [-0.05, 0) is 79.3 Å². The Morgan fingerprint density at radius 3 is 2.28 bits per heavy atom. The molecular formula is C25H31F5N4O4S. The van der Waals surface area contributed by atoms with Gasteiger partial charge in [0, 0.05) is 12.6 Å². The summed E-state index contributed by atoms with van der Waals surface area (Å²) in [4.78, 5) is 24.9. The molecule has 4 rings (SSSR count). The van der Waals surface area contributed by atoms with Crippen molar-refractivity contribution in [2.24, 2.45) is 5.41 Å². The van der Waals surface area contributed by atoms with Gasteiger partial charge in [0.2, 0.25) is 0 Å². The molecule has 1 saturated carbocycles. The van der Waals surface area contributed by atoms with Crippen LogP contribution in [0, 0.1) is 5.41 Å². The Hall–Kier alpha value is -2.87. The molecule has 216 valence electrons. The Kier molecular flexibility index (Phi) is 10.2. The fourth-order valence-corrected chi connectivity index (χ4v) is 5.42. The molecule has 2 aromatic rings. The van der Waals surface area contributed by atoms with E-state index in [1.165, 1.54) is 11.5 Å². The molecule has 39 heavy (non-hydrogen) atoms. The van der Waals surface area contributed by atoms with Crippen molar-refractivity contribution in [3.63, 3.8) is 0 Å². The van der Waals surface area contributed by atoms with Gasteiger partial charge < -0.3 is 15.2 Å². The Morgan fingerprint density at radius 1 is 1.18 bits per heavy atom. The van der Waals surface area contributed by atoms with E-state index in [4.69, 9.17) is 14.6 Å². The molecule has 1 saturated heterocycles. The maximum atomic E-state index is 12.6. The van der Waals surface area contributed by atoms with Crippen molar-refractivity contribution in [2.75, 3.05) is 19.7 Å². The van der Waals surface area contributed by atoms with Crippen LogP contribution < -0.4 is 10.1 Å². The summed E-state index contributed by atoms with van der Waals surface area (Å²) in [5, 5.41) is 14.3. The number of carbonyl (C=O) groups excluding carboxylic acids is 1. The van der Waals surface area contributed by atoms with Gasteiger partial charge >= 0.3 is 12.1 Å². The van der Waals surface area contributed by atoms with E-state index < -0.39 is 25.2 Å². The van der Waals surface area contributed by atoms with E-state index in [-0.39, 0.29) is 17.9 Å². The number of hydrogen-bond donors (Lipinski definition) is 2. The van der Waals surface area contributed by atoms with Gasteiger partial charge in [-0.25, -0.2) is 13.6 Å². The van der Waals surface area contributed by atoms with E-state index in [9.17, 15) is 26.7 Å². The number of carboxylic acids is 1. The standard InChI is InChI=1S/C23H30F2N4O2S.C2HF3O2/c1-15(2)21-20(27-28-32-21)22(30)26-17-11-23(12-17)7-9-29(10-8-23)13-16-3-5-18(6-4-16)31-14-19(24)25;3-2(4,5)1(6)7/h3-6,15,17,19H,7-14H2,1-2H3,(H,26,30);(H,6,7). The second kappa shape index (κ2) is 13.0. The quantitative estimate of drug-likeness (QED) is 0.420. The summed E-state index contributed by atoms with van der Waals surface area (Å²) in [5.41, 5.74) is 1.97. The third-order valence-corrected chi connectivity index (χ3v) is 7.84. The van der Waals surface area contributed by atoms with Gasteiger partial charge in [-0.2, -0.15) is 13.2 Å². The minimum absolute atomic E-state index is 0.0966. The van der Waals surface area contributed by atoms with Gasteiger partial charge in [0.15, 0.2) is 5.69 Å². The number of aromatic nitrogens is 2. The van der Waals surface area contributed by atoms with E-state index in [1.807, 2.05) is 26.0 Å². The number of alkyl halides is 5. The van der Waals surface area contributed by atoms with Gasteiger partial charge in [0.25, 0.3) is 12.3 Å². The van der Waals surface area contributed by atoms with Crippen molar-refractivity contribution in [1.29, 1.82) is 0 Å². The average Bonchev–Trinajstić information content (AvgIpc) is 3.34. The lowest BCUT2D eigenvalue weighted by Gasteiger charge is -2.52. The van der Waals surface area contributed by atoms with Crippen molar-refractivity contribution in [3.05, 3.63) is 40.4 Å². The van der Waals surface area contributed by atoms with E-state index in [1.54, 1.807) is 12.1 Å². The molecule has 1 spiro atoms. The predicted octanol–water partition coefficient (Wildman–Crippen LogP) is 5.11. The zero-order chi connectivity index (χ0) is 28.8. The van der Waals surface area contributed by atoms with Crippen LogP contribution in [0.15, 0.2) is 24.3 Å². The monoisotopic (exact) mass is 578 g/mol. The zero-order valence-corrected chi connectivity index (χ0v) is 22.3. The van der Waals surface area contributed by atoms with Gasteiger partial charge in [0.1, 0.15) is 12.4 Å². The molecule has 0 atom stereocenters. The fraction of sp³-hybridized carbons (Fsp3) is 0.600. The van der Waals surface area contributed by atoms with Crippen LogP contribution in [0.4, 0.5) is 22.0 Å². The summed E-state index contributed by atoms with van der Waals surface area (Å²) < 4.78 is 65.2. The minimum Gasteiger partial charge on any atom is -0.488 e. The molecule has 2 fully saturated rings. The molecule has 8 nitrogen and oxygen atoms in total. The molecule has 0 bridgehead atoms. The van der Waals surface area contributed by atoms with Gasteiger partial charge in [-0.15, -0.1) is 5.10 Å². The largest absolute Gasteiger partial charge is 0.490 e. The van der Waals surface area contributed by atoms with E-state index in [0.717, 1.165) is 55.8 Å². The number of likely N-dealkylation sites (tertiary alicyclic amines) is 1. The number of benzene rings is 1. The Bertz CT molecular complexity index is 1090. The van der Waals surface area contributed by atoms with Crippen LogP contribution in [0.25, 0.3) is 0 Å². The number of amides is 1. The SMILES string of the molecule is CC(C)c1snnc1C(=O)NC1CC2(CCN(Cc3ccc(OCC(F)F)cc3)CC2)C1.O=C(O)C(F)(F)F. The summed E-state index contributed by atoms with van der Waals surface area (Å²) >= 11 is 1.30. The van der Waals surface area contributed by atoms with Crippen LogP contribution in [0.1, 0.15) is 66.4 Å². The van der Waals surface area contributed by atoms with Crippen LogP contribution >= 0.6 is 11.5 Å². The number of hydrogen-bond acceptors (Lipinski definition) is 7. The van der Waals surface area contributed by atoms with Crippen LogP contribution in [0.5, 0.6) is 5.75 Å². The second-order valence-electron chi connectivity index (χ2n) is 10.1. The molecule has 2 N–H and O–H groups in total. The normalized spacial score (nSPS) is 17.5. The first-order valence-corrected chi connectivity index (χ1v) is 13.2. The molecule has 1 aromatic heterocycles. The molecule has 1 amide bonds. The number of carbonyl (C=O) groups is 2. The number of rotatable bonds is 8. The maximum Gasteiger partial charge on any atom is 0.490 e. The lowest BCUT2D eigenvalue weighted by Crippen LogP contribution is -2.54. The van der Waals surface area contributed by atoms with E-state index in [2.05, 4.69) is 19.8 Å². The summed E-state index contributed by atoms with van der Waals surface area (Å²) in [5.74, 6) is -2.13. The minimum atomic E-state index is -5.08. The highest BCUT2D eigenvalue weighted by molar-refractivity contribution is 7.05. The summed E-state index contributed by atoms with van der Waals surface area (Å²) in [6, 6.07) is 7.62. The molecule has 0 radical (unpaired) electrons. The number of ether oxygens (including phenoxy) is 1. The third-order valence-electron chi connectivity index (χ3n) is 6.81. The molecule has 2 heterocycles. The molecule has 0 unspecified atom stereocenters. The maximum absolute atomic E-state index is 12.6. The average molecular weight is 579 g/mol. The number of halogens is 5. The molecule has 1 aliphatic heterocycles. The predicted molar refractivity (Wildman–Crippen MR) is 133 cm³/mol. The number of aliphatic carboxylic acids is 1. The van der Waals surface area contributed by atoms with Gasteiger partial charge in [0.05, 0.1) is 4.88 Å². The van der Waals surface area contributed by atoms with E-state index in [0.29, 0.717) is 16.9 Å². The van der Waals surface area contributed by atoms with Crippen LogP contribution in [0.3, 0.4) is 0 Å². The Labute approximate surface area is 226 Å². The summed E-state index contributed by atoms with van der Waals surface area (Å²) in [7, 11) is 0. The Balaban J connectivity index is 0.000000532. The molecule has 14 heteroatoms. The fourth-order valence-electron chi connectivity index (χ4n) is 4.78. The highest BCUT2D eigenvalue weighted by Gasteiger charge is 2.46. The summed E-state index contributed by atoms with van der Waals surface area (Å²) in [6.45, 7) is 6.42. The van der Waals surface area contributed by atoms with Crippen molar-refractivity contribution < 1.29 is 41.4 Å². The lowest BCUT2D eigenvalue weighted by molar-refractivity contribution is -0.192. The van der Waals surface area contributed by atoms with Gasteiger partial charge in [-0.3, -0.25) is 9.69 Å². The van der Waals surface area contributed by atoms with Gasteiger partial charge in [-0.1, -0.05) is 30.5 Å². The molecule has 1 aromatic carbocycles. The van der Waals surface area contributed by atoms with Crippen molar-refractivity contribution in [1.82, 2.24) is 19.8 Å². The Morgan fingerprint density at radius 2 is 1.77 bits per heavy atom. The van der Waals surface area contributed by atoms with Crippen LogP contribution in [-0.2, 0) is 11.3 Å². The van der Waals surface area contributed by atoms with Crippen molar-refractivity contribution >= 4 is 23.4 Å². The third kappa shape index (κ3) is 8.82. The zero-order valence-electron chi connectivity index (χ0n) is 21.5. The van der Waals surface area contributed by atoms with Crippen LogP contribution in [0.2, 0.25) is 0 Å². The number of carboxylic acid groups (broad SMARTS) is 1. The van der Waals surface area contributed by atoms with Crippen molar-refractivity contribution in [3.8, 4) is 5.75 Å². The van der Waals surface area contributed by atoms with Crippen LogP contribution in [-0.4, -0.2) is 69.8 Å². The highest BCUT2D eigenvalue weighted by Crippen LogP contribution is 2.49. The van der Waals surface area contributed by atoms with E-state index >= 15 is 0 Å². The number of piperidine rings is 1. The van der Waals surface area contributed by atoms with Crippen molar-refractivity contribution in [2.45, 2.75) is 70.6 Å². The molecular weight excluding hydrogens is 547 g/mol. The first-order chi connectivity index (χ1) is 18.3.